The molecule has 0 aliphatic carbocycles. The number of nitrogens with zero attached hydrogens (tertiary/aromatic N) is 1. The maximum Gasteiger partial charge on any atom is 0.311 e. The normalized spacial score (nSPS) is 14.5. The molecule has 3 rings (SSSR count). The lowest BCUT2D eigenvalue weighted by molar-refractivity contribution is -0.00934. The Balaban J connectivity index is 1.81. The molecule has 1 aliphatic rings. The van der Waals surface area contributed by atoms with Gasteiger partial charge in [-0.05, 0) is 23.8 Å². The number of carbonyl (C=O) groups excluding carboxylic acids is 2. The summed E-state index contributed by atoms with van der Waals surface area (Å²) >= 11 is 0. The van der Waals surface area contributed by atoms with Crippen LogP contribution in [0.4, 0.5) is 0 Å². The fourth-order valence-electron chi connectivity index (χ4n) is 2.09. The molecule has 7 heteroatoms. The second-order valence-corrected chi connectivity index (χ2v) is 6.14. The summed E-state index contributed by atoms with van der Waals surface area (Å²) in [7, 11) is -4.24. The minimum Gasteiger partial charge on any atom is -0.266 e. The molecule has 1 heterocycles. The minimum absolute atomic E-state index is 0.111. The van der Waals surface area contributed by atoms with Gasteiger partial charge in [-0.25, -0.2) is 0 Å². The van der Waals surface area contributed by atoms with Crippen LogP contribution in [-0.2, 0) is 14.4 Å². The van der Waals surface area contributed by atoms with Crippen LogP contribution in [0.1, 0.15) is 26.3 Å². The van der Waals surface area contributed by atoms with E-state index in [1.165, 1.54) is 18.2 Å². The van der Waals surface area contributed by atoms with Gasteiger partial charge in [0, 0.05) is 0 Å². The van der Waals surface area contributed by atoms with Gasteiger partial charge >= 0.3 is 10.1 Å². The number of carbonyl (C=O) groups is 2. The Kier molecular flexibility index (Phi) is 3.81. The Morgan fingerprint density at radius 1 is 0.826 bits per heavy atom. The van der Waals surface area contributed by atoms with Gasteiger partial charge in [-0.15, -0.1) is 9.35 Å². The predicted molar refractivity (Wildman–Crippen MR) is 82.4 cm³/mol. The average molecular weight is 329 g/mol. The van der Waals surface area contributed by atoms with E-state index in [1.807, 2.05) is 0 Å². The van der Waals surface area contributed by atoms with Crippen LogP contribution in [0.2, 0.25) is 0 Å². The van der Waals surface area contributed by atoms with Gasteiger partial charge in [-0.2, -0.15) is 8.42 Å². The van der Waals surface area contributed by atoms with E-state index in [1.54, 1.807) is 42.5 Å². The molecule has 0 aromatic heterocycles. The van der Waals surface area contributed by atoms with Crippen LogP contribution in [0, 0.1) is 0 Å². The highest BCUT2D eigenvalue weighted by Crippen LogP contribution is 2.24. The van der Waals surface area contributed by atoms with E-state index < -0.39 is 21.9 Å². The van der Waals surface area contributed by atoms with Crippen molar-refractivity contribution in [2.24, 2.45) is 0 Å². The SMILES string of the molecule is O=C1c2ccccc2C(=O)N1OS(=O)(=O)C=Cc1ccccc1. The highest BCUT2D eigenvalue weighted by Gasteiger charge is 2.39. The van der Waals surface area contributed by atoms with E-state index >= 15 is 0 Å². The van der Waals surface area contributed by atoms with E-state index in [2.05, 4.69) is 4.28 Å². The zero-order valence-electron chi connectivity index (χ0n) is 11.7. The monoisotopic (exact) mass is 329 g/mol. The first-order valence-electron chi connectivity index (χ1n) is 6.63. The van der Waals surface area contributed by atoms with Gasteiger partial charge in [0.05, 0.1) is 16.5 Å². The van der Waals surface area contributed by atoms with Crippen LogP contribution in [0.25, 0.3) is 6.08 Å². The first kappa shape index (κ1) is 15.1. The molecule has 0 spiro atoms. The Labute approximate surface area is 132 Å². The molecule has 0 saturated heterocycles. The van der Waals surface area contributed by atoms with Crippen molar-refractivity contribution in [1.29, 1.82) is 0 Å². The molecule has 0 saturated carbocycles. The van der Waals surface area contributed by atoms with Crippen molar-refractivity contribution in [3.8, 4) is 0 Å². The Hall–Kier alpha value is -2.77. The summed E-state index contributed by atoms with van der Waals surface area (Å²) in [4.78, 5) is 24.1. The summed E-state index contributed by atoms with van der Waals surface area (Å²) in [5.74, 6) is -1.61. The third kappa shape index (κ3) is 3.05. The molecule has 0 radical (unpaired) electrons. The van der Waals surface area contributed by atoms with Gasteiger partial charge in [0.2, 0.25) is 0 Å². The van der Waals surface area contributed by atoms with Crippen LogP contribution in [0.3, 0.4) is 0 Å². The lowest BCUT2D eigenvalue weighted by atomic mass is 10.1. The Morgan fingerprint density at radius 3 is 1.91 bits per heavy atom. The summed E-state index contributed by atoms with van der Waals surface area (Å²) in [5.41, 5.74) is 0.863. The molecule has 2 aromatic carbocycles. The molecule has 2 amide bonds. The molecule has 1 aliphatic heterocycles. The lowest BCUT2D eigenvalue weighted by Gasteiger charge is -2.10. The van der Waals surface area contributed by atoms with Crippen LogP contribution in [-0.4, -0.2) is 25.3 Å². The summed E-state index contributed by atoms with van der Waals surface area (Å²) in [6.45, 7) is 0. The lowest BCUT2D eigenvalue weighted by Crippen LogP contribution is -2.32. The van der Waals surface area contributed by atoms with Crippen LogP contribution in [0.15, 0.2) is 60.0 Å². The van der Waals surface area contributed by atoms with Crippen LogP contribution >= 0.6 is 0 Å². The predicted octanol–water partition coefficient (Wildman–Crippen LogP) is 2.21. The van der Waals surface area contributed by atoms with Crippen molar-refractivity contribution in [3.63, 3.8) is 0 Å². The molecular weight excluding hydrogens is 318 g/mol. The van der Waals surface area contributed by atoms with E-state index in [0.29, 0.717) is 5.56 Å². The van der Waals surface area contributed by atoms with Gasteiger partial charge < -0.3 is 0 Å². The number of amides is 2. The number of rotatable bonds is 4. The van der Waals surface area contributed by atoms with Crippen molar-refractivity contribution in [2.45, 2.75) is 0 Å². The largest absolute Gasteiger partial charge is 0.311 e. The van der Waals surface area contributed by atoms with E-state index in [9.17, 15) is 18.0 Å². The second kappa shape index (κ2) is 5.79. The summed E-state index contributed by atoms with van der Waals surface area (Å²) in [6.07, 6.45) is 1.31. The topological polar surface area (TPSA) is 80.8 Å². The maximum atomic E-state index is 12.1. The third-order valence-electron chi connectivity index (χ3n) is 3.16. The van der Waals surface area contributed by atoms with Crippen LogP contribution in [0.5, 0.6) is 0 Å². The number of hydroxylamine groups is 2. The van der Waals surface area contributed by atoms with Gasteiger partial charge in [0.15, 0.2) is 0 Å². The summed E-state index contributed by atoms with van der Waals surface area (Å²) < 4.78 is 28.5. The van der Waals surface area contributed by atoms with Crippen LogP contribution < -0.4 is 0 Å². The highest BCUT2D eigenvalue weighted by molar-refractivity contribution is 7.89. The third-order valence-corrected chi connectivity index (χ3v) is 3.99. The standard InChI is InChI=1S/C16H11NO5S/c18-15-13-8-4-5-9-14(13)16(19)17(15)22-23(20,21)11-10-12-6-2-1-3-7-12/h1-11H. The molecule has 23 heavy (non-hydrogen) atoms. The highest BCUT2D eigenvalue weighted by atomic mass is 32.2. The van der Waals surface area contributed by atoms with Crippen molar-refractivity contribution in [1.82, 2.24) is 5.06 Å². The first-order valence-corrected chi connectivity index (χ1v) is 8.11. The minimum atomic E-state index is -4.24. The number of benzene rings is 2. The Bertz CT molecular complexity index is 868. The molecule has 6 nitrogen and oxygen atoms in total. The van der Waals surface area contributed by atoms with E-state index in [-0.39, 0.29) is 16.2 Å². The van der Waals surface area contributed by atoms with Crippen molar-refractivity contribution >= 4 is 28.0 Å². The first-order chi connectivity index (χ1) is 11.0. The van der Waals surface area contributed by atoms with Crippen molar-refractivity contribution in [3.05, 3.63) is 76.7 Å². The van der Waals surface area contributed by atoms with Gasteiger partial charge in [-0.1, -0.05) is 42.5 Å². The van der Waals surface area contributed by atoms with Crippen molar-refractivity contribution < 1.29 is 22.3 Å². The van der Waals surface area contributed by atoms with E-state index in [4.69, 9.17) is 0 Å². The number of hydrogen-bond donors (Lipinski definition) is 0. The van der Waals surface area contributed by atoms with E-state index in [0.717, 1.165) is 5.41 Å². The fourth-order valence-corrected chi connectivity index (χ4v) is 2.81. The molecule has 116 valence electrons. The quantitative estimate of drug-likeness (QED) is 0.803. The number of hydrogen-bond acceptors (Lipinski definition) is 5. The Morgan fingerprint density at radius 2 is 1.35 bits per heavy atom. The number of imide groups is 1. The maximum absolute atomic E-state index is 12.1. The number of fused-ring (bicyclic) bond motifs is 1. The zero-order chi connectivity index (χ0) is 16.4. The summed E-state index contributed by atoms with van der Waals surface area (Å²) in [6, 6.07) is 14.7. The molecule has 2 aromatic rings. The molecule has 0 fully saturated rings. The molecule has 0 unspecified atom stereocenters. The molecule has 0 atom stereocenters. The van der Waals surface area contributed by atoms with Gasteiger partial charge in [-0.3, -0.25) is 9.59 Å². The smallest absolute Gasteiger partial charge is 0.266 e. The van der Waals surface area contributed by atoms with Gasteiger partial charge in [0.25, 0.3) is 11.8 Å². The average Bonchev–Trinajstić information content (AvgIpc) is 2.79. The molecular formula is C16H11NO5S. The molecule has 0 bridgehead atoms. The second-order valence-electron chi connectivity index (χ2n) is 4.73. The molecule has 0 N–H and O–H groups in total. The summed E-state index contributed by atoms with van der Waals surface area (Å²) in [5, 5.41) is 1.06. The van der Waals surface area contributed by atoms with Gasteiger partial charge in [0.1, 0.15) is 0 Å². The van der Waals surface area contributed by atoms with Crippen molar-refractivity contribution in [2.75, 3.05) is 0 Å². The zero-order valence-corrected chi connectivity index (χ0v) is 12.6. The fraction of sp³-hybridized carbons (Fsp3) is 0.